The lowest BCUT2D eigenvalue weighted by molar-refractivity contribution is -0.142. The predicted octanol–water partition coefficient (Wildman–Crippen LogP) is 5.46. The average molecular weight is 691 g/mol. The number of halogens is 4. The van der Waals surface area contributed by atoms with Crippen molar-refractivity contribution >= 4 is 51.5 Å². The number of urea groups is 1. The number of nitrogens with zero attached hydrogens (tertiary/aromatic N) is 5. The number of phenols is 1. The van der Waals surface area contributed by atoms with E-state index in [1.54, 1.807) is 27.1 Å². The average Bonchev–Trinajstić information content (AvgIpc) is 3.52. The molecule has 47 heavy (non-hydrogen) atoms. The molecule has 15 heteroatoms. The van der Waals surface area contributed by atoms with Crippen LogP contribution in [0.25, 0.3) is 0 Å². The van der Waals surface area contributed by atoms with Crippen molar-refractivity contribution in [2.75, 3.05) is 49.5 Å². The zero-order valence-corrected chi connectivity index (χ0v) is 27.0. The summed E-state index contributed by atoms with van der Waals surface area (Å²) in [4.78, 5) is 51.6. The molecule has 0 saturated carbocycles. The second kappa shape index (κ2) is 13.6. The number of benzene rings is 1. The number of hydrogen-bond donors (Lipinski definition) is 2. The number of rotatable bonds is 7. The Morgan fingerprint density at radius 3 is 2.43 bits per heavy atom. The number of nitrogens with one attached hydrogen (secondary N) is 1. The minimum Gasteiger partial charge on any atom is -0.506 e. The smallest absolute Gasteiger partial charge is 0.420 e. The molecule has 2 fully saturated rings. The molecule has 0 spiro atoms. The number of hydrogen-bond acceptors (Lipinski definition) is 7. The van der Waals surface area contributed by atoms with Gasteiger partial charge in [0.2, 0.25) is 11.8 Å². The van der Waals surface area contributed by atoms with Crippen LogP contribution in [0.2, 0.25) is 5.02 Å². The summed E-state index contributed by atoms with van der Waals surface area (Å²) in [5.41, 5.74) is 0.837. The number of thiophene rings is 1. The van der Waals surface area contributed by atoms with Gasteiger partial charge in [0.05, 0.1) is 23.0 Å². The fourth-order valence-corrected chi connectivity index (χ4v) is 7.61. The number of amides is 4. The van der Waals surface area contributed by atoms with Crippen molar-refractivity contribution < 1.29 is 32.7 Å². The van der Waals surface area contributed by atoms with Gasteiger partial charge in [0.25, 0.3) is 0 Å². The van der Waals surface area contributed by atoms with Crippen LogP contribution >= 0.6 is 22.9 Å². The third-order valence-electron chi connectivity index (χ3n) is 9.13. The first-order chi connectivity index (χ1) is 22.5. The van der Waals surface area contributed by atoms with E-state index in [2.05, 4.69) is 15.2 Å². The number of likely N-dealkylation sites (tertiary alicyclic amines) is 1. The molecular formula is C32H34ClF3N6O4S. The quantitative estimate of drug-likeness (QED) is 0.341. The van der Waals surface area contributed by atoms with Gasteiger partial charge in [-0.15, -0.1) is 11.3 Å². The standard InChI is InChI=1S/C32H34ClF3N6O4S/c33-26-17-20(16-25(28(26)44)32(34,35)36)15-22(30(45)41-12-10-39(11-13-41)23-1-6-37-7-2-23)18-27(43)40-8-3-24(4-9-40)42-19-21-5-14-47-29(21)38-31(42)46/h1-2,5-7,14,16-17,22,24,44H,3-4,8-13,15,18-19H2,(H,38,46)/t22-/m0/s1. The van der Waals surface area contributed by atoms with Crippen molar-refractivity contribution in [3.8, 4) is 5.75 Å². The van der Waals surface area contributed by atoms with E-state index >= 15 is 0 Å². The van der Waals surface area contributed by atoms with Gasteiger partial charge in [0.1, 0.15) is 10.8 Å². The molecule has 5 heterocycles. The number of alkyl halides is 3. The Balaban J connectivity index is 1.15. The Labute approximate surface area is 278 Å². The molecule has 1 aromatic carbocycles. The van der Waals surface area contributed by atoms with E-state index in [1.807, 2.05) is 23.6 Å². The molecule has 250 valence electrons. The van der Waals surface area contributed by atoms with Crippen LogP contribution in [-0.2, 0) is 28.7 Å². The highest BCUT2D eigenvalue weighted by molar-refractivity contribution is 7.14. The lowest BCUT2D eigenvalue weighted by atomic mass is 9.92. The highest BCUT2D eigenvalue weighted by Gasteiger charge is 2.38. The van der Waals surface area contributed by atoms with Crippen molar-refractivity contribution in [2.45, 2.75) is 44.4 Å². The molecule has 2 saturated heterocycles. The van der Waals surface area contributed by atoms with Gasteiger partial charge in [-0.3, -0.25) is 19.9 Å². The molecule has 3 aliphatic heterocycles. The zero-order valence-electron chi connectivity index (χ0n) is 25.4. The SMILES string of the molecule is O=C(C[C@H](Cc1cc(Cl)c(O)c(C(F)(F)F)c1)C(=O)N1CCN(c2ccncc2)CC1)N1CCC(N2Cc3ccsc3NC2=O)CC1. The molecule has 3 aromatic rings. The third-order valence-corrected chi connectivity index (χ3v) is 10.3. The number of fused-ring (bicyclic) bond motifs is 1. The van der Waals surface area contributed by atoms with E-state index in [0.29, 0.717) is 58.7 Å². The van der Waals surface area contributed by atoms with Gasteiger partial charge in [0, 0.05) is 75.4 Å². The van der Waals surface area contributed by atoms with Crippen LogP contribution < -0.4 is 10.2 Å². The van der Waals surface area contributed by atoms with Crippen molar-refractivity contribution in [2.24, 2.45) is 5.92 Å². The van der Waals surface area contributed by atoms with Crippen LogP contribution in [0.15, 0.2) is 48.1 Å². The van der Waals surface area contributed by atoms with E-state index < -0.39 is 28.4 Å². The van der Waals surface area contributed by atoms with E-state index in [-0.39, 0.29) is 42.3 Å². The number of anilines is 2. The topological polar surface area (TPSA) is 109 Å². The molecule has 0 bridgehead atoms. The maximum atomic E-state index is 13.9. The number of aromatic nitrogens is 1. The number of piperidine rings is 1. The molecule has 10 nitrogen and oxygen atoms in total. The van der Waals surface area contributed by atoms with Crippen molar-refractivity contribution in [3.63, 3.8) is 0 Å². The summed E-state index contributed by atoms with van der Waals surface area (Å²) in [7, 11) is 0. The molecule has 1 atom stereocenters. The molecule has 6 rings (SSSR count). The van der Waals surface area contributed by atoms with Crippen LogP contribution in [-0.4, -0.2) is 87.9 Å². The first-order valence-electron chi connectivity index (χ1n) is 15.4. The molecule has 3 aliphatic rings. The molecule has 0 unspecified atom stereocenters. The Bertz CT molecular complexity index is 1620. The lowest BCUT2D eigenvalue weighted by Gasteiger charge is -2.40. The normalized spacial score (nSPS) is 18.2. The van der Waals surface area contributed by atoms with E-state index in [0.717, 1.165) is 22.3 Å². The summed E-state index contributed by atoms with van der Waals surface area (Å²) >= 11 is 7.47. The summed E-state index contributed by atoms with van der Waals surface area (Å²) < 4.78 is 41.0. The second-order valence-corrected chi connectivity index (χ2v) is 13.4. The Hall–Kier alpha value is -4.04. The number of carbonyl (C=O) groups excluding carboxylic acids is 3. The largest absolute Gasteiger partial charge is 0.506 e. The third kappa shape index (κ3) is 7.28. The maximum absolute atomic E-state index is 13.9. The van der Waals surface area contributed by atoms with E-state index in [9.17, 15) is 32.7 Å². The summed E-state index contributed by atoms with van der Waals surface area (Å²) in [6, 6.07) is 7.54. The maximum Gasteiger partial charge on any atom is 0.420 e. The summed E-state index contributed by atoms with van der Waals surface area (Å²) in [6.45, 7) is 3.13. The number of piperazine rings is 1. The first-order valence-corrected chi connectivity index (χ1v) is 16.7. The summed E-state index contributed by atoms with van der Waals surface area (Å²) in [6.07, 6.45) is -0.704. The zero-order chi connectivity index (χ0) is 33.3. The molecule has 2 N–H and O–H groups in total. The van der Waals surface area contributed by atoms with Crippen molar-refractivity contribution in [1.82, 2.24) is 19.7 Å². The van der Waals surface area contributed by atoms with Crippen LogP contribution in [0.4, 0.5) is 28.7 Å². The van der Waals surface area contributed by atoms with Crippen LogP contribution in [0.3, 0.4) is 0 Å². The van der Waals surface area contributed by atoms with Gasteiger partial charge in [-0.2, -0.15) is 13.2 Å². The lowest BCUT2D eigenvalue weighted by Crippen LogP contribution is -2.52. The van der Waals surface area contributed by atoms with Gasteiger partial charge >= 0.3 is 12.2 Å². The molecule has 4 amide bonds. The Kier molecular flexibility index (Phi) is 9.51. The van der Waals surface area contributed by atoms with Gasteiger partial charge < -0.3 is 24.7 Å². The predicted molar refractivity (Wildman–Crippen MR) is 171 cm³/mol. The van der Waals surface area contributed by atoms with Gasteiger partial charge in [-0.05, 0) is 60.5 Å². The Morgan fingerprint density at radius 2 is 1.74 bits per heavy atom. The number of aromatic hydroxyl groups is 1. The number of carbonyl (C=O) groups is 3. The van der Waals surface area contributed by atoms with E-state index in [1.165, 1.54) is 17.4 Å². The van der Waals surface area contributed by atoms with Gasteiger partial charge in [0.15, 0.2) is 0 Å². The van der Waals surface area contributed by atoms with Gasteiger partial charge in [-0.1, -0.05) is 11.6 Å². The highest BCUT2D eigenvalue weighted by atomic mass is 35.5. The van der Waals surface area contributed by atoms with Crippen LogP contribution in [0.5, 0.6) is 5.75 Å². The minimum atomic E-state index is -4.86. The number of pyridine rings is 1. The molecule has 0 aliphatic carbocycles. The van der Waals surface area contributed by atoms with Crippen molar-refractivity contribution in [1.29, 1.82) is 0 Å². The fourth-order valence-electron chi connectivity index (χ4n) is 6.57. The number of phenolic OH excluding ortho intramolecular Hbond substituents is 1. The fraction of sp³-hybridized carbons (Fsp3) is 0.438. The molecular weight excluding hydrogens is 657 g/mol. The Morgan fingerprint density at radius 1 is 1.04 bits per heavy atom. The minimum absolute atomic E-state index is 0.0545. The van der Waals surface area contributed by atoms with Crippen molar-refractivity contribution in [3.05, 3.63) is 69.8 Å². The molecule has 2 aromatic heterocycles. The summed E-state index contributed by atoms with van der Waals surface area (Å²) in [5, 5.41) is 15.2. The highest BCUT2D eigenvalue weighted by Crippen LogP contribution is 2.41. The van der Waals surface area contributed by atoms with Crippen LogP contribution in [0.1, 0.15) is 36.0 Å². The van der Waals surface area contributed by atoms with E-state index in [4.69, 9.17) is 11.6 Å². The second-order valence-electron chi connectivity index (χ2n) is 12.0. The monoisotopic (exact) mass is 690 g/mol. The first kappa shape index (κ1) is 32.9. The summed E-state index contributed by atoms with van der Waals surface area (Å²) in [5.74, 6) is -2.62. The van der Waals surface area contributed by atoms with Gasteiger partial charge in [-0.25, -0.2) is 4.79 Å². The van der Waals surface area contributed by atoms with Crippen LogP contribution in [0, 0.1) is 5.92 Å². The molecule has 0 radical (unpaired) electrons.